The average molecular weight is 281 g/mol. The van der Waals surface area contributed by atoms with Crippen LogP contribution in [0.2, 0.25) is 0 Å². The number of aliphatic carboxylic acids is 2. The molecule has 0 radical (unpaired) electrons. The zero-order valence-electron chi connectivity index (χ0n) is 11.6. The molecule has 0 aliphatic heterocycles. The molecule has 7 heteroatoms. The van der Waals surface area contributed by atoms with Crippen molar-refractivity contribution in [3.63, 3.8) is 0 Å². The molecule has 1 heterocycles. The first-order chi connectivity index (χ1) is 9.40. The third-order valence-electron chi connectivity index (χ3n) is 2.75. The van der Waals surface area contributed by atoms with Crippen LogP contribution in [-0.2, 0) is 9.59 Å². The highest BCUT2D eigenvalue weighted by Crippen LogP contribution is 2.17. The van der Waals surface area contributed by atoms with E-state index >= 15 is 0 Å². The minimum absolute atomic E-state index is 0.0466. The third-order valence-corrected chi connectivity index (χ3v) is 2.75. The zero-order valence-corrected chi connectivity index (χ0v) is 11.6. The molecule has 2 N–H and O–H groups in total. The van der Waals surface area contributed by atoms with Gasteiger partial charge < -0.3 is 20.0 Å². The number of anilines is 2. The number of carboxylic acids is 2. The molecular weight excluding hydrogens is 262 g/mol. The van der Waals surface area contributed by atoms with Crippen LogP contribution < -0.4 is 9.80 Å². The van der Waals surface area contributed by atoms with Crippen LogP contribution in [0.3, 0.4) is 0 Å². The molecule has 0 aliphatic rings. The highest BCUT2D eigenvalue weighted by atomic mass is 16.4. The Labute approximate surface area is 117 Å². The molecule has 7 nitrogen and oxygen atoms in total. The highest BCUT2D eigenvalue weighted by molar-refractivity contribution is 5.69. The number of hydrogen-bond donors (Lipinski definition) is 2. The topological polar surface area (TPSA) is 94.0 Å². The molecule has 110 valence electrons. The summed E-state index contributed by atoms with van der Waals surface area (Å²) in [7, 11) is 3.74. The Morgan fingerprint density at radius 2 is 1.65 bits per heavy atom. The predicted octanol–water partition coefficient (Wildman–Crippen LogP) is 0.903. The van der Waals surface area contributed by atoms with E-state index in [1.807, 2.05) is 31.1 Å². The molecule has 0 spiro atoms. The molecule has 0 saturated heterocycles. The second-order valence-corrected chi connectivity index (χ2v) is 4.54. The van der Waals surface area contributed by atoms with Gasteiger partial charge in [0, 0.05) is 27.2 Å². The van der Waals surface area contributed by atoms with Crippen molar-refractivity contribution in [3.8, 4) is 0 Å². The molecule has 1 aromatic heterocycles. The number of rotatable bonds is 8. The van der Waals surface area contributed by atoms with Gasteiger partial charge in [-0.05, 0) is 12.1 Å². The zero-order chi connectivity index (χ0) is 15.1. The predicted molar refractivity (Wildman–Crippen MR) is 75.3 cm³/mol. The maximum atomic E-state index is 10.7. The number of carboxylic acid groups (broad SMARTS) is 2. The van der Waals surface area contributed by atoms with Gasteiger partial charge in [0.1, 0.15) is 5.82 Å². The number of hydrogen-bond acceptors (Lipinski definition) is 5. The lowest BCUT2D eigenvalue weighted by molar-refractivity contribution is -0.137. The smallest absolute Gasteiger partial charge is 0.305 e. The van der Waals surface area contributed by atoms with Gasteiger partial charge in [-0.15, -0.1) is 0 Å². The second-order valence-electron chi connectivity index (χ2n) is 4.54. The normalized spacial score (nSPS) is 10.1. The molecule has 0 atom stereocenters. The Morgan fingerprint density at radius 3 is 2.00 bits per heavy atom. The Balaban J connectivity index is 2.79. The van der Waals surface area contributed by atoms with Gasteiger partial charge in [-0.2, -0.15) is 0 Å². The first-order valence-corrected chi connectivity index (χ1v) is 6.22. The summed E-state index contributed by atoms with van der Waals surface area (Å²) in [5.74, 6) is -1.04. The fourth-order valence-electron chi connectivity index (χ4n) is 1.66. The van der Waals surface area contributed by atoms with Crippen LogP contribution in [0.15, 0.2) is 18.3 Å². The Kier molecular flexibility index (Phi) is 5.76. The van der Waals surface area contributed by atoms with E-state index in [2.05, 4.69) is 4.98 Å². The van der Waals surface area contributed by atoms with E-state index in [1.165, 1.54) is 0 Å². The first-order valence-electron chi connectivity index (χ1n) is 6.22. The van der Waals surface area contributed by atoms with Crippen molar-refractivity contribution in [2.24, 2.45) is 0 Å². The molecule has 0 bridgehead atoms. The highest BCUT2D eigenvalue weighted by Gasteiger charge is 2.11. The summed E-state index contributed by atoms with van der Waals surface area (Å²) in [4.78, 5) is 29.1. The summed E-state index contributed by atoms with van der Waals surface area (Å²) < 4.78 is 0. The quantitative estimate of drug-likeness (QED) is 0.731. The van der Waals surface area contributed by atoms with Crippen LogP contribution in [0.4, 0.5) is 11.5 Å². The fraction of sp³-hybridized carbons (Fsp3) is 0.462. The van der Waals surface area contributed by atoms with Gasteiger partial charge in [-0.25, -0.2) is 4.98 Å². The van der Waals surface area contributed by atoms with Crippen LogP contribution in [0.25, 0.3) is 0 Å². The summed E-state index contributed by atoms with van der Waals surface area (Å²) >= 11 is 0. The molecule has 0 aliphatic carbocycles. The largest absolute Gasteiger partial charge is 0.481 e. The number of pyridine rings is 1. The maximum absolute atomic E-state index is 10.7. The maximum Gasteiger partial charge on any atom is 0.305 e. The van der Waals surface area contributed by atoms with Crippen LogP contribution >= 0.6 is 0 Å². The van der Waals surface area contributed by atoms with Crippen LogP contribution in [-0.4, -0.2) is 54.3 Å². The Bertz CT molecular complexity index is 441. The van der Waals surface area contributed by atoms with Gasteiger partial charge in [-0.3, -0.25) is 9.59 Å². The molecule has 0 unspecified atom stereocenters. The van der Waals surface area contributed by atoms with Gasteiger partial charge in [0.05, 0.1) is 24.7 Å². The van der Waals surface area contributed by atoms with Crippen LogP contribution in [0.5, 0.6) is 0 Å². The minimum atomic E-state index is -0.914. The van der Waals surface area contributed by atoms with Crippen molar-refractivity contribution in [2.45, 2.75) is 12.8 Å². The van der Waals surface area contributed by atoms with Gasteiger partial charge in [0.25, 0.3) is 0 Å². The minimum Gasteiger partial charge on any atom is -0.481 e. The molecule has 0 fully saturated rings. The Morgan fingerprint density at radius 1 is 1.10 bits per heavy atom. The van der Waals surface area contributed by atoms with E-state index in [0.29, 0.717) is 0 Å². The lowest BCUT2D eigenvalue weighted by Gasteiger charge is -2.23. The van der Waals surface area contributed by atoms with Crippen molar-refractivity contribution >= 4 is 23.4 Å². The standard InChI is InChI=1S/C13H19N3O4/c1-15(2)11-4-3-10(9-14-11)16(7-5-12(17)18)8-6-13(19)20/h3-4,9H,5-8H2,1-2H3,(H,17,18)(H,19,20). The number of aromatic nitrogens is 1. The van der Waals surface area contributed by atoms with Crippen molar-refractivity contribution < 1.29 is 19.8 Å². The summed E-state index contributed by atoms with van der Waals surface area (Å²) in [6, 6.07) is 3.62. The van der Waals surface area contributed by atoms with E-state index in [0.717, 1.165) is 11.5 Å². The van der Waals surface area contributed by atoms with Crippen molar-refractivity contribution in [2.75, 3.05) is 37.0 Å². The molecule has 1 rings (SSSR count). The Hall–Kier alpha value is -2.31. The van der Waals surface area contributed by atoms with Gasteiger partial charge in [0.2, 0.25) is 0 Å². The second kappa shape index (κ2) is 7.32. The van der Waals surface area contributed by atoms with E-state index in [4.69, 9.17) is 10.2 Å². The fourth-order valence-corrected chi connectivity index (χ4v) is 1.66. The lowest BCUT2D eigenvalue weighted by Crippen LogP contribution is -2.29. The summed E-state index contributed by atoms with van der Waals surface area (Å²) in [6.07, 6.45) is 1.53. The van der Waals surface area contributed by atoms with E-state index < -0.39 is 11.9 Å². The van der Waals surface area contributed by atoms with Gasteiger partial charge >= 0.3 is 11.9 Å². The van der Waals surface area contributed by atoms with Crippen molar-refractivity contribution in [3.05, 3.63) is 18.3 Å². The number of nitrogens with zero attached hydrogens (tertiary/aromatic N) is 3. The van der Waals surface area contributed by atoms with E-state index in [-0.39, 0.29) is 25.9 Å². The van der Waals surface area contributed by atoms with Gasteiger partial charge in [-0.1, -0.05) is 0 Å². The lowest BCUT2D eigenvalue weighted by atomic mass is 10.3. The average Bonchev–Trinajstić information content (AvgIpc) is 2.38. The van der Waals surface area contributed by atoms with Gasteiger partial charge in [0.15, 0.2) is 0 Å². The first kappa shape index (κ1) is 15.7. The van der Waals surface area contributed by atoms with E-state index in [1.54, 1.807) is 11.1 Å². The molecular formula is C13H19N3O4. The third kappa shape index (κ3) is 5.13. The molecule has 0 saturated carbocycles. The van der Waals surface area contributed by atoms with E-state index in [9.17, 15) is 9.59 Å². The van der Waals surface area contributed by atoms with Crippen molar-refractivity contribution in [1.82, 2.24) is 4.98 Å². The summed E-state index contributed by atoms with van der Waals surface area (Å²) in [6.45, 7) is 0.511. The number of carbonyl (C=O) groups is 2. The van der Waals surface area contributed by atoms with Crippen molar-refractivity contribution in [1.29, 1.82) is 0 Å². The molecule has 0 aromatic carbocycles. The molecule has 1 aromatic rings. The molecule has 20 heavy (non-hydrogen) atoms. The van der Waals surface area contributed by atoms with Crippen LogP contribution in [0, 0.1) is 0 Å². The van der Waals surface area contributed by atoms with Crippen LogP contribution in [0.1, 0.15) is 12.8 Å². The molecule has 0 amide bonds. The summed E-state index contributed by atoms with van der Waals surface area (Å²) in [5, 5.41) is 17.5. The monoisotopic (exact) mass is 281 g/mol. The summed E-state index contributed by atoms with van der Waals surface area (Å²) in [5.41, 5.74) is 0.720. The SMILES string of the molecule is CN(C)c1ccc(N(CCC(=O)O)CCC(=O)O)cn1.